The summed E-state index contributed by atoms with van der Waals surface area (Å²) in [6, 6.07) is 0. The maximum Gasteiger partial charge on any atom is 0.125 e. The number of nitrogens with two attached hydrogens (primary N) is 1. The third kappa shape index (κ3) is 1.37. The summed E-state index contributed by atoms with van der Waals surface area (Å²) in [6.45, 7) is 2.61. The van der Waals surface area contributed by atoms with E-state index in [2.05, 4.69) is 10.1 Å². The van der Waals surface area contributed by atoms with Gasteiger partial charge in [0, 0.05) is 12.6 Å². The number of aryl methyl sites for hydroxylation is 2. The average molecular weight is 191 g/mol. The first-order valence-corrected chi connectivity index (χ1v) is 4.41. The van der Waals surface area contributed by atoms with Gasteiger partial charge in [-0.2, -0.15) is 5.10 Å². The van der Waals surface area contributed by atoms with Crippen molar-refractivity contribution >= 4 is 5.82 Å². The molecule has 14 heavy (non-hydrogen) atoms. The van der Waals surface area contributed by atoms with Crippen LogP contribution in [0.2, 0.25) is 0 Å². The van der Waals surface area contributed by atoms with E-state index in [1.807, 2.05) is 24.7 Å². The molecule has 2 N–H and O–H groups in total. The Labute approximate surface area is 82.2 Å². The van der Waals surface area contributed by atoms with Crippen molar-refractivity contribution in [2.75, 3.05) is 5.73 Å². The quantitative estimate of drug-likeness (QED) is 0.754. The molecule has 0 spiro atoms. The Hall–Kier alpha value is -1.78. The molecule has 0 bridgehead atoms. The third-order valence-corrected chi connectivity index (χ3v) is 2.30. The van der Waals surface area contributed by atoms with E-state index in [0.717, 1.165) is 11.3 Å². The number of nitrogens with zero attached hydrogens (tertiary/aromatic N) is 4. The molecule has 5 nitrogen and oxygen atoms in total. The summed E-state index contributed by atoms with van der Waals surface area (Å²) in [5.74, 6) is 0.714. The lowest BCUT2D eigenvalue weighted by Crippen LogP contribution is -2.08. The zero-order chi connectivity index (χ0) is 10.1. The lowest BCUT2D eigenvalue weighted by molar-refractivity contribution is 0.656. The van der Waals surface area contributed by atoms with E-state index in [1.165, 1.54) is 0 Å². The molecule has 2 rings (SSSR count). The molecule has 0 unspecified atom stereocenters. The summed E-state index contributed by atoms with van der Waals surface area (Å²) in [5, 5.41) is 4.18. The molecule has 0 aliphatic rings. The van der Waals surface area contributed by atoms with E-state index in [1.54, 1.807) is 17.2 Å². The second-order valence-electron chi connectivity index (χ2n) is 3.37. The van der Waals surface area contributed by atoms with Crippen molar-refractivity contribution in [1.29, 1.82) is 0 Å². The Morgan fingerprint density at radius 2 is 2.21 bits per heavy atom. The van der Waals surface area contributed by atoms with Gasteiger partial charge in [0.2, 0.25) is 0 Å². The van der Waals surface area contributed by atoms with Gasteiger partial charge >= 0.3 is 0 Å². The highest BCUT2D eigenvalue weighted by molar-refractivity contribution is 5.37. The fraction of sp³-hybridized carbons (Fsp3) is 0.333. The van der Waals surface area contributed by atoms with Gasteiger partial charge in [-0.05, 0) is 6.92 Å². The highest BCUT2D eigenvalue weighted by atomic mass is 15.3. The fourth-order valence-electron chi connectivity index (χ4n) is 1.30. The zero-order valence-corrected chi connectivity index (χ0v) is 8.31. The second-order valence-corrected chi connectivity index (χ2v) is 3.37. The molecule has 0 saturated carbocycles. The second kappa shape index (κ2) is 3.17. The van der Waals surface area contributed by atoms with Gasteiger partial charge in [-0.1, -0.05) is 0 Å². The van der Waals surface area contributed by atoms with Crippen LogP contribution in [0.5, 0.6) is 0 Å². The summed E-state index contributed by atoms with van der Waals surface area (Å²) in [5.41, 5.74) is 7.93. The van der Waals surface area contributed by atoms with Gasteiger partial charge in [0.15, 0.2) is 0 Å². The van der Waals surface area contributed by atoms with Crippen molar-refractivity contribution in [2.45, 2.75) is 13.5 Å². The van der Waals surface area contributed by atoms with Crippen LogP contribution in [0.3, 0.4) is 0 Å². The minimum Gasteiger partial charge on any atom is -0.384 e. The van der Waals surface area contributed by atoms with Gasteiger partial charge in [-0.15, -0.1) is 0 Å². The number of anilines is 1. The van der Waals surface area contributed by atoms with Gasteiger partial charge in [0.1, 0.15) is 5.82 Å². The van der Waals surface area contributed by atoms with Crippen molar-refractivity contribution in [1.82, 2.24) is 19.3 Å². The van der Waals surface area contributed by atoms with Crippen LogP contribution in [0, 0.1) is 6.92 Å². The molecule has 0 saturated heterocycles. The fourth-order valence-corrected chi connectivity index (χ4v) is 1.30. The minimum atomic E-state index is 0.663. The SMILES string of the molecule is Cc1cnn(Cc2cncn2C)c1N. The van der Waals surface area contributed by atoms with Gasteiger partial charge < -0.3 is 10.3 Å². The summed E-state index contributed by atoms with van der Waals surface area (Å²) in [6.07, 6.45) is 5.35. The summed E-state index contributed by atoms with van der Waals surface area (Å²) in [7, 11) is 1.95. The number of hydrogen-bond acceptors (Lipinski definition) is 3. The minimum absolute atomic E-state index is 0.663. The lowest BCUT2D eigenvalue weighted by atomic mass is 10.4. The summed E-state index contributed by atoms with van der Waals surface area (Å²) in [4.78, 5) is 4.04. The largest absolute Gasteiger partial charge is 0.384 e. The van der Waals surface area contributed by atoms with Crippen LogP contribution in [0.4, 0.5) is 5.82 Å². The Balaban J connectivity index is 2.27. The molecule has 2 heterocycles. The molecule has 2 aromatic heterocycles. The van der Waals surface area contributed by atoms with E-state index in [-0.39, 0.29) is 0 Å². The van der Waals surface area contributed by atoms with Crippen molar-refractivity contribution in [3.8, 4) is 0 Å². The van der Waals surface area contributed by atoms with Gasteiger partial charge in [-0.3, -0.25) is 0 Å². The molecule has 2 aromatic rings. The molecule has 0 amide bonds. The van der Waals surface area contributed by atoms with Crippen LogP contribution in [0.15, 0.2) is 18.7 Å². The number of nitrogen functional groups attached to an aromatic ring is 1. The molecule has 0 aliphatic carbocycles. The molecule has 0 fully saturated rings. The van der Waals surface area contributed by atoms with Crippen LogP contribution in [-0.2, 0) is 13.6 Å². The van der Waals surface area contributed by atoms with Crippen molar-refractivity contribution in [3.63, 3.8) is 0 Å². The maximum atomic E-state index is 5.84. The van der Waals surface area contributed by atoms with Crippen LogP contribution >= 0.6 is 0 Å². The van der Waals surface area contributed by atoms with Crippen molar-refractivity contribution in [3.05, 3.63) is 30.0 Å². The number of hydrogen-bond donors (Lipinski definition) is 1. The Morgan fingerprint density at radius 1 is 1.43 bits per heavy atom. The van der Waals surface area contributed by atoms with Crippen LogP contribution < -0.4 is 5.73 Å². The van der Waals surface area contributed by atoms with E-state index in [9.17, 15) is 0 Å². The maximum absolute atomic E-state index is 5.84. The predicted octanol–water partition coefficient (Wildman–Crippen LogP) is 0.556. The van der Waals surface area contributed by atoms with Crippen LogP contribution in [-0.4, -0.2) is 19.3 Å². The molecule has 0 radical (unpaired) electrons. The Bertz CT molecular complexity index is 440. The normalized spacial score (nSPS) is 10.7. The number of rotatable bonds is 2. The zero-order valence-electron chi connectivity index (χ0n) is 8.31. The molecule has 0 atom stereocenters. The van der Waals surface area contributed by atoms with E-state index < -0.39 is 0 Å². The third-order valence-electron chi connectivity index (χ3n) is 2.30. The van der Waals surface area contributed by atoms with E-state index in [0.29, 0.717) is 12.4 Å². The van der Waals surface area contributed by atoms with E-state index in [4.69, 9.17) is 5.73 Å². The first-order chi connectivity index (χ1) is 6.68. The standard InChI is InChI=1S/C9H13N5/c1-7-3-12-14(9(7)10)5-8-4-11-6-13(8)2/h3-4,6H,5,10H2,1-2H3. The molecule has 0 aromatic carbocycles. The number of aromatic nitrogens is 4. The van der Waals surface area contributed by atoms with Crippen molar-refractivity contribution < 1.29 is 0 Å². The topological polar surface area (TPSA) is 61.7 Å². The molecule has 74 valence electrons. The Morgan fingerprint density at radius 3 is 2.71 bits per heavy atom. The first kappa shape index (κ1) is 8.80. The molecule has 5 heteroatoms. The number of imidazole rings is 1. The van der Waals surface area contributed by atoms with Gasteiger partial charge in [-0.25, -0.2) is 9.67 Å². The monoisotopic (exact) mass is 191 g/mol. The van der Waals surface area contributed by atoms with E-state index >= 15 is 0 Å². The smallest absolute Gasteiger partial charge is 0.125 e. The molecular weight excluding hydrogens is 178 g/mol. The predicted molar refractivity (Wildman–Crippen MR) is 53.7 cm³/mol. The molecular formula is C9H13N5. The van der Waals surface area contributed by atoms with Crippen molar-refractivity contribution in [2.24, 2.45) is 7.05 Å². The van der Waals surface area contributed by atoms with Gasteiger partial charge in [0.05, 0.1) is 31.0 Å². The summed E-state index contributed by atoms with van der Waals surface area (Å²) < 4.78 is 3.72. The first-order valence-electron chi connectivity index (χ1n) is 4.41. The highest BCUT2D eigenvalue weighted by Gasteiger charge is 2.05. The van der Waals surface area contributed by atoms with Crippen LogP contribution in [0.25, 0.3) is 0 Å². The highest BCUT2D eigenvalue weighted by Crippen LogP contribution is 2.10. The van der Waals surface area contributed by atoms with Crippen LogP contribution in [0.1, 0.15) is 11.3 Å². The van der Waals surface area contributed by atoms with Gasteiger partial charge in [0.25, 0.3) is 0 Å². The Kier molecular flexibility index (Phi) is 1.99. The summed E-state index contributed by atoms with van der Waals surface area (Å²) >= 11 is 0. The lowest BCUT2D eigenvalue weighted by Gasteiger charge is -2.04. The average Bonchev–Trinajstić information content (AvgIpc) is 2.68. The molecule has 0 aliphatic heterocycles.